The molecule has 2 amide bonds. The lowest BCUT2D eigenvalue weighted by Gasteiger charge is -2.28. The number of nitriles is 1. The normalized spacial score (nSPS) is 20.5. The number of amides is 2. The Balaban J connectivity index is 1.76. The third-order valence-corrected chi connectivity index (χ3v) is 5.33. The fraction of sp³-hybridized carbons (Fsp3) is 0.389. The van der Waals surface area contributed by atoms with Gasteiger partial charge in [0.15, 0.2) is 0 Å². The fourth-order valence-electron chi connectivity index (χ4n) is 2.95. The fourth-order valence-corrected chi connectivity index (χ4v) is 3.93. The monoisotopic (exact) mass is 375 g/mol. The molecule has 2 aliphatic heterocycles. The lowest BCUT2D eigenvalue weighted by Crippen LogP contribution is -2.42. The third-order valence-electron chi connectivity index (χ3n) is 4.33. The summed E-state index contributed by atoms with van der Waals surface area (Å²) < 4.78 is 18.4. The van der Waals surface area contributed by atoms with Gasteiger partial charge >= 0.3 is 0 Å². The molecule has 0 bridgehead atoms. The van der Waals surface area contributed by atoms with Gasteiger partial charge in [-0.25, -0.2) is 4.39 Å². The largest absolute Gasteiger partial charge is 0.378 e. The molecule has 0 aromatic heterocycles. The van der Waals surface area contributed by atoms with Gasteiger partial charge < -0.3 is 15.0 Å². The van der Waals surface area contributed by atoms with Crippen LogP contribution in [0.3, 0.4) is 0 Å². The van der Waals surface area contributed by atoms with Crippen molar-refractivity contribution in [1.82, 2.24) is 10.2 Å². The number of hydrogen-bond acceptors (Lipinski definition) is 5. The molecule has 2 aliphatic rings. The second-order valence-electron chi connectivity index (χ2n) is 5.99. The van der Waals surface area contributed by atoms with Crippen molar-refractivity contribution in [2.75, 3.05) is 32.1 Å². The molecule has 1 N–H and O–H groups in total. The van der Waals surface area contributed by atoms with E-state index in [9.17, 15) is 19.2 Å². The predicted molar refractivity (Wildman–Crippen MR) is 94.4 cm³/mol. The summed E-state index contributed by atoms with van der Waals surface area (Å²) in [5.74, 6) is -0.949. The first-order valence-corrected chi connectivity index (χ1v) is 9.25. The number of nitrogens with one attached hydrogen (secondary N) is 1. The highest BCUT2D eigenvalue weighted by Crippen LogP contribution is 2.36. The molecule has 0 radical (unpaired) electrons. The first kappa shape index (κ1) is 18.4. The lowest BCUT2D eigenvalue weighted by atomic mass is 9.87. The van der Waals surface area contributed by atoms with E-state index in [0.717, 1.165) is 11.8 Å². The highest BCUT2D eigenvalue weighted by atomic mass is 32.2. The van der Waals surface area contributed by atoms with Crippen LogP contribution in [0.25, 0.3) is 0 Å². The number of rotatable bonds is 4. The van der Waals surface area contributed by atoms with Gasteiger partial charge in [0, 0.05) is 25.4 Å². The van der Waals surface area contributed by atoms with E-state index < -0.39 is 5.92 Å². The minimum atomic E-state index is -0.435. The van der Waals surface area contributed by atoms with E-state index in [1.165, 1.54) is 12.1 Å². The van der Waals surface area contributed by atoms with Gasteiger partial charge in [0.2, 0.25) is 11.8 Å². The van der Waals surface area contributed by atoms with Gasteiger partial charge in [0.1, 0.15) is 5.82 Å². The highest BCUT2D eigenvalue weighted by Gasteiger charge is 2.30. The van der Waals surface area contributed by atoms with Crippen LogP contribution in [-0.4, -0.2) is 48.8 Å². The number of halogens is 1. The van der Waals surface area contributed by atoms with E-state index in [1.54, 1.807) is 17.0 Å². The van der Waals surface area contributed by atoms with Crippen molar-refractivity contribution >= 4 is 23.6 Å². The molecule has 0 spiro atoms. The minimum Gasteiger partial charge on any atom is -0.378 e. The maximum atomic E-state index is 13.2. The maximum absolute atomic E-state index is 13.2. The number of thioether (sulfide) groups is 1. The van der Waals surface area contributed by atoms with Crippen molar-refractivity contribution in [3.63, 3.8) is 0 Å². The van der Waals surface area contributed by atoms with Gasteiger partial charge in [-0.05, 0) is 17.7 Å². The number of nitrogens with zero attached hydrogens (tertiary/aromatic N) is 2. The summed E-state index contributed by atoms with van der Waals surface area (Å²) in [4.78, 5) is 26.1. The van der Waals surface area contributed by atoms with Crippen LogP contribution in [0.4, 0.5) is 4.39 Å². The van der Waals surface area contributed by atoms with Crippen LogP contribution in [0.15, 0.2) is 34.9 Å². The summed E-state index contributed by atoms with van der Waals surface area (Å²) in [6.45, 7) is 2.14. The Kier molecular flexibility index (Phi) is 5.91. The van der Waals surface area contributed by atoms with Crippen LogP contribution >= 0.6 is 11.8 Å². The van der Waals surface area contributed by atoms with Crippen molar-refractivity contribution in [2.24, 2.45) is 0 Å². The summed E-state index contributed by atoms with van der Waals surface area (Å²) in [6, 6.07) is 7.93. The average molecular weight is 375 g/mol. The van der Waals surface area contributed by atoms with E-state index in [0.29, 0.717) is 42.5 Å². The Morgan fingerprint density at radius 3 is 2.69 bits per heavy atom. The zero-order valence-electron chi connectivity index (χ0n) is 14.0. The molecule has 2 heterocycles. The van der Waals surface area contributed by atoms with E-state index in [1.807, 2.05) is 0 Å². The predicted octanol–water partition coefficient (Wildman–Crippen LogP) is 1.76. The molecule has 0 unspecified atom stereocenters. The zero-order chi connectivity index (χ0) is 18.5. The molecule has 1 aromatic rings. The lowest BCUT2D eigenvalue weighted by molar-refractivity contribution is -0.132. The van der Waals surface area contributed by atoms with Gasteiger partial charge in [-0.2, -0.15) is 5.26 Å². The standard InChI is InChI=1S/C18H18FN3O3S/c19-13-3-1-12(2-4-13)14-9-16(23)21-18(15(14)10-20)26-11-17(24)22-5-7-25-8-6-22/h1-4,14H,5-9,11H2,(H,21,23)/t14-/m1/s1. The van der Waals surface area contributed by atoms with E-state index in [4.69, 9.17) is 4.74 Å². The summed E-state index contributed by atoms with van der Waals surface area (Å²) in [7, 11) is 0. The number of hydrogen-bond donors (Lipinski definition) is 1. The molecule has 1 saturated heterocycles. The summed E-state index contributed by atoms with van der Waals surface area (Å²) in [6.07, 6.45) is 0.121. The second-order valence-corrected chi connectivity index (χ2v) is 6.98. The molecule has 8 heteroatoms. The van der Waals surface area contributed by atoms with Crippen LogP contribution in [0.1, 0.15) is 17.9 Å². The number of carbonyl (C=O) groups is 2. The number of benzene rings is 1. The summed E-state index contributed by atoms with van der Waals surface area (Å²) in [5.41, 5.74) is 1.10. The first-order chi connectivity index (χ1) is 12.6. The molecule has 136 valence electrons. The SMILES string of the molecule is N#CC1=C(SCC(=O)N2CCOCC2)NC(=O)C[C@@H]1c1ccc(F)cc1. The Labute approximate surface area is 155 Å². The Morgan fingerprint density at radius 1 is 1.35 bits per heavy atom. The Morgan fingerprint density at radius 2 is 2.04 bits per heavy atom. The molecule has 0 saturated carbocycles. The van der Waals surface area contributed by atoms with Crippen molar-refractivity contribution in [2.45, 2.75) is 12.3 Å². The topological polar surface area (TPSA) is 82.4 Å². The van der Waals surface area contributed by atoms with E-state index in [-0.39, 0.29) is 29.8 Å². The van der Waals surface area contributed by atoms with Gasteiger partial charge in [-0.1, -0.05) is 23.9 Å². The first-order valence-electron chi connectivity index (χ1n) is 8.26. The van der Waals surface area contributed by atoms with Crippen molar-refractivity contribution in [3.8, 4) is 6.07 Å². The molecule has 1 atom stereocenters. The third kappa shape index (κ3) is 4.23. The number of ether oxygens (including phenoxy) is 1. The molecule has 26 heavy (non-hydrogen) atoms. The van der Waals surface area contributed by atoms with Crippen LogP contribution in [0.2, 0.25) is 0 Å². The van der Waals surface area contributed by atoms with Crippen LogP contribution in [0.5, 0.6) is 0 Å². The van der Waals surface area contributed by atoms with Gasteiger partial charge in [0.05, 0.1) is 35.6 Å². The van der Waals surface area contributed by atoms with Crippen LogP contribution in [0, 0.1) is 17.1 Å². The molecular weight excluding hydrogens is 357 g/mol. The van der Waals surface area contributed by atoms with Crippen molar-refractivity contribution in [3.05, 3.63) is 46.2 Å². The highest BCUT2D eigenvalue weighted by molar-refractivity contribution is 8.03. The van der Waals surface area contributed by atoms with Crippen LogP contribution < -0.4 is 5.32 Å². The maximum Gasteiger partial charge on any atom is 0.233 e. The van der Waals surface area contributed by atoms with Crippen LogP contribution in [-0.2, 0) is 14.3 Å². The number of morpholine rings is 1. The molecule has 1 fully saturated rings. The van der Waals surface area contributed by atoms with Gasteiger partial charge in [-0.15, -0.1) is 0 Å². The smallest absolute Gasteiger partial charge is 0.233 e. The van der Waals surface area contributed by atoms with Gasteiger partial charge in [0.25, 0.3) is 0 Å². The average Bonchev–Trinajstić information content (AvgIpc) is 2.67. The van der Waals surface area contributed by atoms with E-state index >= 15 is 0 Å². The minimum absolute atomic E-state index is 0.0544. The molecule has 3 rings (SSSR count). The molecule has 0 aliphatic carbocycles. The number of carbonyl (C=O) groups excluding carboxylic acids is 2. The summed E-state index contributed by atoms with van der Waals surface area (Å²) >= 11 is 1.16. The second kappa shape index (κ2) is 8.34. The molecule has 6 nitrogen and oxygen atoms in total. The summed E-state index contributed by atoms with van der Waals surface area (Å²) in [5, 5.41) is 12.7. The quantitative estimate of drug-likeness (QED) is 0.867. The Hall–Kier alpha value is -2.37. The van der Waals surface area contributed by atoms with Crippen molar-refractivity contribution in [1.29, 1.82) is 5.26 Å². The molecule has 1 aromatic carbocycles. The van der Waals surface area contributed by atoms with Crippen molar-refractivity contribution < 1.29 is 18.7 Å². The van der Waals surface area contributed by atoms with Gasteiger partial charge in [-0.3, -0.25) is 9.59 Å². The Bertz CT molecular complexity index is 767. The molecular formula is C18H18FN3O3S. The van der Waals surface area contributed by atoms with E-state index in [2.05, 4.69) is 11.4 Å². The zero-order valence-corrected chi connectivity index (χ0v) is 14.9. The number of allylic oxidation sites excluding steroid dienone is 1.